The summed E-state index contributed by atoms with van der Waals surface area (Å²) in [5.74, 6) is 0.434. The summed E-state index contributed by atoms with van der Waals surface area (Å²) in [6.07, 6.45) is 0.966. The highest BCUT2D eigenvalue weighted by Gasteiger charge is 2.13. The summed E-state index contributed by atoms with van der Waals surface area (Å²) in [6.45, 7) is 10.3. The van der Waals surface area contributed by atoms with E-state index in [0.717, 1.165) is 25.2 Å². The predicted octanol–water partition coefficient (Wildman–Crippen LogP) is 1.57. The SMILES string of the molecule is CCc1cc(CNC(CO)C(C)C)n(CC)n1. The molecule has 1 unspecified atom stereocenters. The average Bonchev–Trinajstić information content (AvgIpc) is 2.72. The molecule has 0 aliphatic carbocycles. The van der Waals surface area contributed by atoms with E-state index < -0.39 is 0 Å². The number of hydrogen-bond acceptors (Lipinski definition) is 3. The largest absolute Gasteiger partial charge is 0.395 e. The van der Waals surface area contributed by atoms with Gasteiger partial charge in [0.05, 0.1) is 18.0 Å². The number of rotatable bonds is 7. The molecular formula is C13H25N3O. The Kier molecular flexibility index (Phi) is 5.65. The van der Waals surface area contributed by atoms with Gasteiger partial charge < -0.3 is 10.4 Å². The van der Waals surface area contributed by atoms with Gasteiger partial charge in [0.1, 0.15) is 0 Å². The quantitative estimate of drug-likeness (QED) is 0.759. The first kappa shape index (κ1) is 14.2. The molecule has 1 atom stereocenters. The first-order valence-corrected chi connectivity index (χ1v) is 6.52. The van der Waals surface area contributed by atoms with E-state index in [9.17, 15) is 5.11 Å². The molecule has 0 saturated carbocycles. The van der Waals surface area contributed by atoms with Crippen LogP contribution in [0.25, 0.3) is 0 Å². The summed E-state index contributed by atoms with van der Waals surface area (Å²) in [4.78, 5) is 0. The van der Waals surface area contributed by atoms with Gasteiger partial charge in [-0.05, 0) is 25.3 Å². The van der Waals surface area contributed by atoms with Gasteiger partial charge in [0.15, 0.2) is 0 Å². The number of aryl methyl sites for hydroxylation is 2. The normalized spacial score (nSPS) is 13.3. The molecule has 0 amide bonds. The standard InChI is InChI=1S/C13H25N3O/c1-5-11-7-12(16(6-2)15-11)8-14-13(9-17)10(3)4/h7,10,13-14,17H,5-6,8-9H2,1-4H3. The Hall–Kier alpha value is -0.870. The Balaban J connectivity index is 2.64. The van der Waals surface area contributed by atoms with Gasteiger partial charge in [-0.15, -0.1) is 0 Å². The van der Waals surface area contributed by atoms with Crippen molar-refractivity contribution in [1.82, 2.24) is 15.1 Å². The van der Waals surface area contributed by atoms with Crippen LogP contribution in [0.3, 0.4) is 0 Å². The fourth-order valence-electron chi connectivity index (χ4n) is 1.85. The molecule has 0 aromatic carbocycles. The Morgan fingerprint density at radius 3 is 2.59 bits per heavy atom. The smallest absolute Gasteiger partial charge is 0.0625 e. The van der Waals surface area contributed by atoms with Crippen LogP contribution in [0, 0.1) is 5.92 Å². The molecule has 0 radical (unpaired) electrons. The topological polar surface area (TPSA) is 50.1 Å². The molecule has 98 valence electrons. The number of nitrogens with zero attached hydrogens (tertiary/aromatic N) is 2. The Morgan fingerprint density at radius 2 is 2.12 bits per heavy atom. The molecule has 0 bridgehead atoms. The third-order valence-corrected chi connectivity index (χ3v) is 3.12. The summed E-state index contributed by atoms with van der Waals surface area (Å²) in [7, 11) is 0. The lowest BCUT2D eigenvalue weighted by Crippen LogP contribution is -2.37. The van der Waals surface area contributed by atoms with Crippen LogP contribution in [0.5, 0.6) is 0 Å². The first-order chi connectivity index (χ1) is 8.12. The molecular weight excluding hydrogens is 214 g/mol. The summed E-state index contributed by atoms with van der Waals surface area (Å²) in [5.41, 5.74) is 2.33. The van der Waals surface area contributed by atoms with E-state index in [1.54, 1.807) is 0 Å². The van der Waals surface area contributed by atoms with Crippen molar-refractivity contribution in [2.24, 2.45) is 5.92 Å². The minimum absolute atomic E-state index is 0.153. The summed E-state index contributed by atoms with van der Waals surface area (Å²) in [5, 5.41) is 17.2. The highest BCUT2D eigenvalue weighted by Crippen LogP contribution is 2.07. The van der Waals surface area contributed by atoms with Crippen LogP contribution in [0.4, 0.5) is 0 Å². The fourth-order valence-corrected chi connectivity index (χ4v) is 1.85. The monoisotopic (exact) mass is 239 g/mol. The zero-order valence-corrected chi connectivity index (χ0v) is 11.4. The number of aliphatic hydroxyl groups excluding tert-OH is 1. The van der Waals surface area contributed by atoms with Crippen LogP contribution in [0.1, 0.15) is 39.1 Å². The Bertz CT molecular complexity index is 333. The maximum atomic E-state index is 9.27. The number of aliphatic hydroxyl groups is 1. The molecule has 0 fully saturated rings. The molecule has 0 saturated heterocycles. The van der Waals surface area contributed by atoms with Crippen molar-refractivity contribution >= 4 is 0 Å². The minimum atomic E-state index is 0.153. The number of nitrogens with one attached hydrogen (secondary N) is 1. The molecule has 1 aromatic rings. The van der Waals surface area contributed by atoms with E-state index >= 15 is 0 Å². The van der Waals surface area contributed by atoms with Gasteiger partial charge in [0.25, 0.3) is 0 Å². The lowest BCUT2D eigenvalue weighted by Gasteiger charge is -2.20. The molecule has 1 aromatic heterocycles. The van der Waals surface area contributed by atoms with Gasteiger partial charge in [-0.2, -0.15) is 5.10 Å². The van der Waals surface area contributed by atoms with Crippen molar-refractivity contribution in [3.63, 3.8) is 0 Å². The van der Waals surface area contributed by atoms with Gasteiger partial charge >= 0.3 is 0 Å². The van der Waals surface area contributed by atoms with E-state index in [0.29, 0.717) is 5.92 Å². The highest BCUT2D eigenvalue weighted by atomic mass is 16.3. The Labute approximate surface area is 104 Å². The third-order valence-electron chi connectivity index (χ3n) is 3.12. The number of hydrogen-bond donors (Lipinski definition) is 2. The summed E-state index contributed by atoms with van der Waals surface area (Å²) in [6, 6.07) is 2.30. The molecule has 0 aliphatic heterocycles. The molecule has 0 aliphatic rings. The van der Waals surface area contributed by atoms with E-state index in [1.165, 1.54) is 5.69 Å². The average molecular weight is 239 g/mol. The second-order valence-electron chi connectivity index (χ2n) is 4.71. The van der Waals surface area contributed by atoms with E-state index in [-0.39, 0.29) is 12.6 Å². The Morgan fingerprint density at radius 1 is 1.41 bits per heavy atom. The molecule has 1 rings (SSSR count). The van der Waals surface area contributed by atoms with E-state index in [1.807, 2.05) is 4.68 Å². The molecule has 4 nitrogen and oxygen atoms in total. The lowest BCUT2D eigenvalue weighted by molar-refractivity contribution is 0.209. The van der Waals surface area contributed by atoms with Crippen LogP contribution in [0.15, 0.2) is 6.07 Å². The zero-order chi connectivity index (χ0) is 12.8. The molecule has 0 spiro atoms. The van der Waals surface area contributed by atoms with Gasteiger partial charge in [-0.3, -0.25) is 4.68 Å². The van der Waals surface area contributed by atoms with Crippen LogP contribution in [-0.2, 0) is 19.5 Å². The molecule has 1 heterocycles. The summed E-state index contributed by atoms with van der Waals surface area (Å²) < 4.78 is 2.03. The minimum Gasteiger partial charge on any atom is -0.395 e. The van der Waals surface area contributed by atoms with E-state index in [4.69, 9.17) is 0 Å². The predicted molar refractivity (Wildman–Crippen MR) is 69.8 cm³/mol. The van der Waals surface area contributed by atoms with E-state index in [2.05, 4.69) is 44.2 Å². The van der Waals surface area contributed by atoms with Crippen molar-refractivity contribution in [2.45, 2.75) is 53.2 Å². The molecule has 4 heteroatoms. The number of aromatic nitrogens is 2. The van der Waals surface area contributed by atoms with Crippen molar-refractivity contribution < 1.29 is 5.11 Å². The zero-order valence-electron chi connectivity index (χ0n) is 11.4. The lowest BCUT2D eigenvalue weighted by atomic mass is 10.1. The summed E-state index contributed by atoms with van der Waals surface area (Å²) >= 11 is 0. The molecule has 2 N–H and O–H groups in total. The van der Waals surface area contributed by atoms with Crippen molar-refractivity contribution in [3.05, 3.63) is 17.5 Å². The maximum Gasteiger partial charge on any atom is 0.0625 e. The van der Waals surface area contributed by atoms with Crippen molar-refractivity contribution in [2.75, 3.05) is 6.61 Å². The van der Waals surface area contributed by atoms with Crippen molar-refractivity contribution in [1.29, 1.82) is 0 Å². The van der Waals surface area contributed by atoms with Gasteiger partial charge in [0, 0.05) is 19.1 Å². The van der Waals surface area contributed by atoms with Gasteiger partial charge in [-0.1, -0.05) is 20.8 Å². The molecule has 17 heavy (non-hydrogen) atoms. The van der Waals surface area contributed by atoms with Gasteiger partial charge in [-0.25, -0.2) is 0 Å². The highest BCUT2D eigenvalue weighted by molar-refractivity contribution is 5.10. The third kappa shape index (κ3) is 3.82. The van der Waals surface area contributed by atoms with Gasteiger partial charge in [0.2, 0.25) is 0 Å². The van der Waals surface area contributed by atoms with Crippen LogP contribution < -0.4 is 5.32 Å². The second-order valence-corrected chi connectivity index (χ2v) is 4.71. The van der Waals surface area contributed by atoms with Crippen LogP contribution >= 0.6 is 0 Å². The first-order valence-electron chi connectivity index (χ1n) is 6.52. The van der Waals surface area contributed by atoms with Crippen molar-refractivity contribution in [3.8, 4) is 0 Å². The maximum absolute atomic E-state index is 9.27. The fraction of sp³-hybridized carbons (Fsp3) is 0.769. The van der Waals surface area contributed by atoms with Crippen LogP contribution in [-0.4, -0.2) is 27.5 Å². The second kappa shape index (κ2) is 6.77. The van der Waals surface area contributed by atoms with Crippen LogP contribution in [0.2, 0.25) is 0 Å².